The summed E-state index contributed by atoms with van der Waals surface area (Å²) in [7, 11) is 1.40. The Morgan fingerprint density at radius 2 is 2.18 bits per heavy atom. The maximum absolute atomic E-state index is 10.8. The number of carboxylic acids is 1. The third-order valence-corrected chi connectivity index (χ3v) is 2.14. The number of hydrogen-bond donors (Lipinski definition) is 1. The molecule has 0 amide bonds. The minimum atomic E-state index is -1.12. The van der Waals surface area contributed by atoms with Crippen LogP contribution in [0.5, 0.6) is 5.75 Å². The molecule has 0 aliphatic rings. The van der Waals surface area contributed by atoms with Crippen molar-refractivity contribution in [3.05, 3.63) is 39.4 Å². The molecule has 1 aromatic rings. The molecule has 0 aromatic heterocycles. The molecule has 0 spiro atoms. The highest BCUT2D eigenvalue weighted by Crippen LogP contribution is 2.26. The minimum Gasteiger partial charge on any atom is -0.497 e. The Labute approximate surface area is 97.3 Å². The van der Waals surface area contributed by atoms with E-state index in [9.17, 15) is 14.9 Å². The highest BCUT2D eigenvalue weighted by atomic mass is 16.6. The molecule has 0 fully saturated rings. The highest BCUT2D eigenvalue weighted by Gasteiger charge is 2.14. The molecule has 0 saturated carbocycles. The lowest BCUT2D eigenvalue weighted by Crippen LogP contribution is -1.98. The van der Waals surface area contributed by atoms with Crippen LogP contribution in [0, 0.1) is 10.1 Å². The van der Waals surface area contributed by atoms with Crippen LogP contribution < -0.4 is 4.74 Å². The monoisotopic (exact) mass is 237 g/mol. The van der Waals surface area contributed by atoms with Crippen molar-refractivity contribution < 1.29 is 19.6 Å². The Hall–Kier alpha value is -2.37. The van der Waals surface area contributed by atoms with Crippen LogP contribution in [-0.4, -0.2) is 23.1 Å². The number of carboxylic acid groups (broad SMARTS) is 1. The SMILES string of the molecule is COc1ccc(C=C(C)C(=O)O)c([N+](=O)[O-])c1. The van der Waals surface area contributed by atoms with Gasteiger partial charge in [0.25, 0.3) is 5.69 Å². The lowest BCUT2D eigenvalue weighted by Gasteiger charge is -2.02. The molecular weight excluding hydrogens is 226 g/mol. The highest BCUT2D eigenvalue weighted by molar-refractivity contribution is 5.92. The van der Waals surface area contributed by atoms with Gasteiger partial charge in [-0.3, -0.25) is 10.1 Å². The Morgan fingerprint density at radius 3 is 2.65 bits per heavy atom. The molecular formula is C11H11NO5. The molecule has 17 heavy (non-hydrogen) atoms. The van der Waals surface area contributed by atoms with E-state index in [2.05, 4.69) is 0 Å². The van der Waals surface area contributed by atoms with E-state index in [0.29, 0.717) is 5.75 Å². The van der Waals surface area contributed by atoms with Crippen LogP contribution in [-0.2, 0) is 4.79 Å². The van der Waals surface area contributed by atoms with Crippen molar-refractivity contribution in [2.75, 3.05) is 7.11 Å². The zero-order valence-corrected chi connectivity index (χ0v) is 9.34. The normalized spacial score (nSPS) is 11.1. The topological polar surface area (TPSA) is 89.7 Å². The quantitative estimate of drug-likeness (QED) is 0.492. The van der Waals surface area contributed by atoms with E-state index in [-0.39, 0.29) is 16.8 Å². The summed E-state index contributed by atoms with van der Waals surface area (Å²) >= 11 is 0. The average Bonchev–Trinajstić information content (AvgIpc) is 2.29. The fraction of sp³-hybridized carbons (Fsp3) is 0.182. The van der Waals surface area contributed by atoms with Crippen molar-refractivity contribution in [2.24, 2.45) is 0 Å². The second-order valence-electron chi connectivity index (χ2n) is 3.31. The number of carbonyl (C=O) groups is 1. The second kappa shape index (κ2) is 5.11. The standard InChI is InChI=1S/C11H11NO5/c1-7(11(13)14)5-8-3-4-9(17-2)6-10(8)12(15)16/h3-6H,1-2H3,(H,13,14). The van der Waals surface area contributed by atoms with E-state index >= 15 is 0 Å². The molecule has 0 heterocycles. The number of benzene rings is 1. The van der Waals surface area contributed by atoms with Gasteiger partial charge in [0.15, 0.2) is 0 Å². The van der Waals surface area contributed by atoms with E-state index in [4.69, 9.17) is 9.84 Å². The third kappa shape index (κ3) is 3.04. The lowest BCUT2D eigenvalue weighted by atomic mass is 10.1. The number of methoxy groups -OCH3 is 1. The molecule has 1 aromatic carbocycles. The fourth-order valence-electron chi connectivity index (χ4n) is 1.23. The summed E-state index contributed by atoms with van der Waals surface area (Å²) in [5, 5.41) is 19.5. The van der Waals surface area contributed by atoms with Gasteiger partial charge in [-0.2, -0.15) is 0 Å². The summed E-state index contributed by atoms with van der Waals surface area (Å²) in [5.74, 6) is -0.767. The predicted molar refractivity (Wildman–Crippen MR) is 60.9 cm³/mol. The maximum atomic E-state index is 10.8. The van der Waals surface area contributed by atoms with Crippen LogP contribution in [0.2, 0.25) is 0 Å². The molecule has 0 atom stereocenters. The van der Waals surface area contributed by atoms with Crippen molar-refractivity contribution in [2.45, 2.75) is 6.92 Å². The molecule has 1 rings (SSSR count). The van der Waals surface area contributed by atoms with E-state index in [1.165, 1.54) is 38.3 Å². The molecule has 0 aliphatic heterocycles. The largest absolute Gasteiger partial charge is 0.497 e. The van der Waals surface area contributed by atoms with E-state index < -0.39 is 10.9 Å². The summed E-state index contributed by atoms with van der Waals surface area (Å²) in [6, 6.07) is 4.23. The molecule has 0 saturated heterocycles. The molecule has 0 radical (unpaired) electrons. The number of nitro benzene ring substituents is 1. The summed E-state index contributed by atoms with van der Waals surface area (Å²) in [4.78, 5) is 20.9. The Morgan fingerprint density at radius 1 is 1.53 bits per heavy atom. The smallest absolute Gasteiger partial charge is 0.331 e. The van der Waals surface area contributed by atoms with Crippen molar-refractivity contribution in [1.82, 2.24) is 0 Å². The summed E-state index contributed by atoms with van der Waals surface area (Å²) < 4.78 is 4.87. The average molecular weight is 237 g/mol. The zero-order valence-electron chi connectivity index (χ0n) is 9.34. The number of aliphatic carboxylic acids is 1. The molecule has 6 nitrogen and oxygen atoms in total. The molecule has 0 bridgehead atoms. The van der Waals surface area contributed by atoms with Gasteiger partial charge in [-0.05, 0) is 25.1 Å². The summed E-state index contributed by atoms with van der Waals surface area (Å²) in [6.45, 7) is 1.37. The zero-order chi connectivity index (χ0) is 13.0. The maximum Gasteiger partial charge on any atom is 0.331 e. The van der Waals surface area contributed by atoms with Crippen LogP contribution in [0.25, 0.3) is 6.08 Å². The number of nitro groups is 1. The summed E-state index contributed by atoms with van der Waals surface area (Å²) in [6.07, 6.45) is 1.25. The van der Waals surface area contributed by atoms with Crippen LogP contribution >= 0.6 is 0 Å². The van der Waals surface area contributed by atoms with Crippen LogP contribution in [0.15, 0.2) is 23.8 Å². The second-order valence-corrected chi connectivity index (χ2v) is 3.31. The molecule has 90 valence electrons. The third-order valence-electron chi connectivity index (χ3n) is 2.14. The Bertz CT molecular complexity index is 493. The number of nitrogens with zero attached hydrogens (tertiary/aromatic N) is 1. The van der Waals surface area contributed by atoms with Gasteiger partial charge in [-0.25, -0.2) is 4.79 Å². The van der Waals surface area contributed by atoms with Gasteiger partial charge in [0.1, 0.15) is 5.75 Å². The molecule has 0 unspecified atom stereocenters. The molecule has 0 aliphatic carbocycles. The first kappa shape index (κ1) is 12.7. The van der Waals surface area contributed by atoms with Gasteiger partial charge in [-0.1, -0.05) is 0 Å². The first-order valence-corrected chi connectivity index (χ1v) is 4.69. The van der Waals surface area contributed by atoms with Crippen molar-refractivity contribution in [3.63, 3.8) is 0 Å². The summed E-state index contributed by atoms with van der Waals surface area (Å²) in [5.41, 5.74) is 0.0684. The van der Waals surface area contributed by atoms with Gasteiger partial charge in [-0.15, -0.1) is 0 Å². The minimum absolute atomic E-state index is 0.0262. The van der Waals surface area contributed by atoms with Crippen molar-refractivity contribution >= 4 is 17.7 Å². The number of rotatable bonds is 4. The Balaban J connectivity index is 3.29. The van der Waals surface area contributed by atoms with Gasteiger partial charge in [0.05, 0.1) is 23.7 Å². The molecule has 1 N–H and O–H groups in total. The van der Waals surface area contributed by atoms with Gasteiger partial charge in [0.2, 0.25) is 0 Å². The first-order valence-electron chi connectivity index (χ1n) is 4.69. The number of hydrogen-bond acceptors (Lipinski definition) is 4. The van der Waals surface area contributed by atoms with Gasteiger partial charge < -0.3 is 9.84 Å². The van der Waals surface area contributed by atoms with Crippen LogP contribution in [0.1, 0.15) is 12.5 Å². The van der Waals surface area contributed by atoms with Crippen LogP contribution in [0.3, 0.4) is 0 Å². The van der Waals surface area contributed by atoms with Crippen molar-refractivity contribution in [3.8, 4) is 5.75 Å². The predicted octanol–water partition coefficient (Wildman–Crippen LogP) is 2.09. The molecule has 6 heteroatoms. The van der Waals surface area contributed by atoms with Gasteiger partial charge >= 0.3 is 5.97 Å². The van der Waals surface area contributed by atoms with E-state index in [0.717, 1.165) is 0 Å². The van der Waals surface area contributed by atoms with E-state index in [1.54, 1.807) is 0 Å². The Kier molecular flexibility index (Phi) is 3.82. The fourth-order valence-corrected chi connectivity index (χ4v) is 1.23. The lowest BCUT2D eigenvalue weighted by molar-refractivity contribution is -0.385. The van der Waals surface area contributed by atoms with Crippen LogP contribution in [0.4, 0.5) is 5.69 Å². The van der Waals surface area contributed by atoms with Gasteiger partial charge in [0, 0.05) is 5.57 Å². The van der Waals surface area contributed by atoms with Crippen molar-refractivity contribution in [1.29, 1.82) is 0 Å². The number of ether oxygens (including phenoxy) is 1. The first-order chi connectivity index (χ1) is 7.95. The van der Waals surface area contributed by atoms with E-state index in [1.807, 2.05) is 0 Å².